The Morgan fingerprint density at radius 1 is 1.40 bits per heavy atom. The summed E-state index contributed by atoms with van der Waals surface area (Å²) in [7, 11) is 1.84. The lowest BCUT2D eigenvalue weighted by Crippen LogP contribution is -2.11. The van der Waals surface area contributed by atoms with Gasteiger partial charge in [-0.25, -0.2) is 9.55 Å². The third-order valence-corrected chi connectivity index (χ3v) is 2.95. The number of hydrogen-bond acceptors (Lipinski definition) is 5. The predicted molar refractivity (Wildman–Crippen MR) is 75.1 cm³/mol. The van der Waals surface area contributed by atoms with Crippen molar-refractivity contribution in [3.05, 3.63) is 46.4 Å². The fourth-order valence-corrected chi connectivity index (χ4v) is 1.85. The van der Waals surface area contributed by atoms with Crippen LogP contribution in [0.15, 0.2) is 30.5 Å². The van der Waals surface area contributed by atoms with Crippen LogP contribution < -0.4 is 10.1 Å². The summed E-state index contributed by atoms with van der Waals surface area (Å²) in [6.45, 7) is 2.46. The number of nitrogens with zero attached hydrogens (tertiary/aromatic N) is 3. The van der Waals surface area contributed by atoms with E-state index in [4.69, 9.17) is 4.74 Å². The van der Waals surface area contributed by atoms with Gasteiger partial charge in [0.25, 0.3) is 0 Å². The van der Waals surface area contributed by atoms with Gasteiger partial charge in [-0.05, 0) is 29.2 Å². The van der Waals surface area contributed by atoms with Crippen LogP contribution in [-0.2, 0) is 6.54 Å². The van der Waals surface area contributed by atoms with Gasteiger partial charge in [0.05, 0.1) is 0 Å². The number of nitro groups is 1. The van der Waals surface area contributed by atoms with Gasteiger partial charge in [0.2, 0.25) is 0 Å². The summed E-state index contributed by atoms with van der Waals surface area (Å²) in [5, 5.41) is 13.9. The van der Waals surface area contributed by atoms with Gasteiger partial charge in [-0.3, -0.25) is 0 Å². The molecule has 0 aliphatic heterocycles. The van der Waals surface area contributed by atoms with Crippen LogP contribution in [-0.4, -0.2) is 28.1 Å². The lowest BCUT2D eigenvalue weighted by molar-refractivity contribution is -0.392. The Morgan fingerprint density at radius 3 is 2.70 bits per heavy atom. The summed E-state index contributed by atoms with van der Waals surface area (Å²) in [4.78, 5) is 14.3. The number of anilines is 1. The highest BCUT2D eigenvalue weighted by atomic mass is 16.6. The van der Waals surface area contributed by atoms with Crippen LogP contribution >= 0.6 is 0 Å². The van der Waals surface area contributed by atoms with Crippen molar-refractivity contribution in [1.29, 1.82) is 0 Å². The smallest absolute Gasteiger partial charge is 0.342 e. The number of hydrogen-bond donors (Lipinski definition) is 1. The zero-order chi connectivity index (χ0) is 14.5. The van der Waals surface area contributed by atoms with E-state index in [1.807, 2.05) is 31.3 Å². The zero-order valence-electron chi connectivity index (χ0n) is 11.4. The van der Waals surface area contributed by atoms with E-state index < -0.39 is 4.92 Å². The molecule has 0 fully saturated rings. The topological polar surface area (TPSA) is 82.2 Å². The van der Waals surface area contributed by atoms with Crippen molar-refractivity contribution >= 4 is 11.5 Å². The Morgan fingerprint density at radius 2 is 2.10 bits per heavy atom. The molecule has 106 valence electrons. The number of imidazole rings is 1. The highest BCUT2D eigenvalue weighted by molar-refractivity contribution is 5.45. The van der Waals surface area contributed by atoms with Gasteiger partial charge < -0.3 is 20.2 Å². The fraction of sp³-hybridized carbons (Fsp3) is 0.308. The second-order valence-corrected chi connectivity index (χ2v) is 4.20. The van der Waals surface area contributed by atoms with Crippen LogP contribution in [0.5, 0.6) is 5.75 Å². The summed E-state index contributed by atoms with van der Waals surface area (Å²) in [5.41, 5.74) is 0.999. The van der Waals surface area contributed by atoms with Gasteiger partial charge in [0, 0.05) is 19.7 Å². The largest absolute Gasteiger partial charge is 0.489 e. The molecule has 2 rings (SSSR count). The molecule has 1 aromatic heterocycles. The molecule has 7 heteroatoms. The molecule has 0 saturated carbocycles. The first-order valence-electron chi connectivity index (χ1n) is 6.19. The minimum absolute atomic E-state index is 0.0170. The average Bonchev–Trinajstić information content (AvgIpc) is 2.81. The van der Waals surface area contributed by atoms with E-state index in [0.717, 1.165) is 11.4 Å². The second-order valence-electron chi connectivity index (χ2n) is 4.20. The molecule has 7 nitrogen and oxygen atoms in total. The summed E-state index contributed by atoms with van der Waals surface area (Å²) in [6, 6.07) is 7.50. The molecule has 0 aliphatic carbocycles. The van der Waals surface area contributed by atoms with Crippen molar-refractivity contribution in [2.75, 3.05) is 19.0 Å². The summed E-state index contributed by atoms with van der Waals surface area (Å²) >= 11 is 0. The number of aromatic nitrogens is 2. The molecule has 0 spiro atoms. The molecule has 1 aromatic carbocycles. The molecule has 0 unspecified atom stereocenters. The molecule has 20 heavy (non-hydrogen) atoms. The monoisotopic (exact) mass is 276 g/mol. The Kier molecular flexibility index (Phi) is 4.19. The molecule has 0 aliphatic rings. The van der Waals surface area contributed by atoms with E-state index >= 15 is 0 Å². The standard InChI is InChI=1S/C13H16N4O3/c1-10-15-9-13(17(18)19)16(10)7-8-20-12-5-3-11(14-2)4-6-12/h3-6,9,14H,7-8H2,1-2H3. The number of ether oxygens (including phenoxy) is 1. The lowest BCUT2D eigenvalue weighted by atomic mass is 10.3. The maximum atomic E-state index is 10.8. The van der Waals surface area contributed by atoms with Gasteiger partial charge in [-0.2, -0.15) is 0 Å². The molecule has 0 amide bonds. The third-order valence-electron chi connectivity index (χ3n) is 2.95. The van der Waals surface area contributed by atoms with Crippen molar-refractivity contribution in [1.82, 2.24) is 9.55 Å². The summed E-state index contributed by atoms with van der Waals surface area (Å²) < 4.78 is 7.10. The molecule has 2 aromatic rings. The molecular weight excluding hydrogens is 260 g/mol. The van der Waals surface area contributed by atoms with Crippen LogP contribution in [0.2, 0.25) is 0 Å². The fourth-order valence-electron chi connectivity index (χ4n) is 1.85. The first-order valence-corrected chi connectivity index (χ1v) is 6.19. The highest BCUT2D eigenvalue weighted by Crippen LogP contribution is 2.16. The first-order chi connectivity index (χ1) is 9.61. The first kappa shape index (κ1) is 13.9. The van der Waals surface area contributed by atoms with Crippen molar-refractivity contribution < 1.29 is 9.66 Å². The predicted octanol–water partition coefficient (Wildman–Crippen LogP) is 2.22. The maximum absolute atomic E-state index is 10.8. The third kappa shape index (κ3) is 3.05. The molecular formula is C13H16N4O3. The second kappa shape index (κ2) is 6.05. The average molecular weight is 276 g/mol. The van der Waals surface area contributed by atoms with E-state index in [0.29, 0.717) is 19.0 Å². The number of nitrogens with one attached hydrogen (secondary N) is 1. The minimum Gasteiger partial charge on any atom is -0.489 e. The quantitative estimate of drug-likeness (QED) is 0.646. The van der Waals surface area contributed by atoms with Gasteiger partial charge in [-0.15, -0.1) is 0 Å². The van der Waals surface area contributed by atoms with E-state index in [1.54, 1.807) is 6.92 Å². The SMILES string of the molecule is CNc1ccc(OCCn2c([N+](=O)[O-])cnc2C)cc1. The number of rotatable bonds is 6. The molecule has 0 saturated heterocycles. The molecule has 0 bridgehead atoms. The highest BCUT2D eigenvalue weighted by Gasteiger charge is 2.16. The van der Waals surface area contributed by atoms with Crippen molar-refractivity contribution in [2.45, 2.75) is 13.5 Å². The lowest BCUT2D eigenvalue weighted by Gasteiger charge is -2.07. The van der Waals surface area contributed by atoms with Crippen LogP contribution in [0.1, 0.15) is 5.82 Å². The molecule has 1 N–H and O–H groups in total. The summed E-state index contributed by atoms with van der Waals surface area (Å²) in [6.07, 6.45) is 1.26. The van der Waals surface area contributed by atoms with Gasteiger partial charge in [0.15, 0.2) is 5.82 Å². The molecule has 1 heterocycles. The van der Waals surface area contributed by atoms with Crippen molar-refractivity contribution in [2.24, 2.45) is 0 Å². The molecule has 0 radical (unpaired) electrons. The molecule has 0 atom stereocenters. The normalized spacial score (nSPS) is 10.3. The van der Waals surface area contributed by atoms with Crippen molar-refractivity contribution in [3.63, 3.8) is 0 Å². The number of aryl methyl sites for hydroxylation is 1. The minimum atomic E-state index is -0.443. The summed E-state index contributed by atoms with van der Waals surface area (Å²) in [5.74, 6) is 1.31. The number of benzene rings is 1. The Hall–Kier alpha value is -2.57. The van der Waals surface area contributed by atoms with E-state index in [2.05, 4.69) is 10.3 Å². The van der Waals surface area contributed by atoms with Crippen molar-refractivity contribution in [3.8, 4) is 5.75 Å². The van der Waals surface area contributed by atoms with Crippen LogP contribution in [0.4, 0.5) is 11.5 Å². The Bertz CT molecular complexity index is 592. The maximum Gasteiger partial charge on any atom is 0.342 e. The van der Waals surface area contributed by atoms with Crippen LogP contribution in [0.25, 0.3) is 0 Å². The van der Waals surface area contributed by atoms with Gasteiger partial charge >= 0.3 is 5.82 Å². The van der Waals surface area contributed by atoms with Crippen LogP contribution in [0, 0.1) is 17.0 Å². The zero-order valence-corrected chi connectivity index (χ0v) is 11.4. The van der Waals surface area contributed by atoms with Gasteiger partial charge in [0.1, 0.15) is 25.1 Å². The van der Waals surface area contributed by atoms with E-state index in [-0.39, 0.29) is 5.82 Å². The van der Waals surface area contributed by atoms with Gasteiger partial charge in [-0.1, -0.05) is 0 Å². The van der Waals surface area contributed by atoms with E-state index in [9.17, 15) is 10.1 Å². The Labute approximate surface area is 116 Å². The van der Waals surface area contributed by atoms with E-state index in [1.165, 1.54) is 10.8 Å². The van der Waals surface area contributed by atoms with Crippen LogP contribution in [0.3, 0.4) is 0 Å². The Balaban J connectivity index is 1.95.